The molecule has 0 spiro atoms. The smallest absolute Gasteiger partial charge is 0.142 e. The number of halogens is 1. The fraction of sp³-hybridized carbons (Fsp3) is 0.286. The number of ether oxygens (including phenoxy) is 1. The first-order valence-electron chi connectivity index (χ1n) is 8.35. The highest BCUT2D eigenvalue weighted by Crippen LogP contribution is 2.17. The summed E-state index contributed by atoms with van der Waals surface area (Å²) in [5.74, 6) is 5.95. The van der Waals surface area contributed by atoms with Crippen LogP contribution in [0.1, 0.15) is 43.7 Å². The molecule has 0 aliphatic carbocycles. The summed E-state index contributed by atoms with van der Waals surface area (Å²) in [6, 6.07) is 12.0. The maximum Gasteiger partial charge on any atom is 0.142 e. The molecule has 2 aromatic rings. The molecule has 2 rings (SSSR count). The topological polar surface area (TPSA) is 21.6 Å². The van der Waals surface area contributed by atoms with Gasteiger partial charge in [0.05, 0.1) is 23.0 Å². The molecule has 0 fully saturated rings. The summed E-state index contributed by atoms with van der Waals surface area (Å²) in [6.07, 6.45) is 4.51. The van der Waals surface area contributed by atoms with Crippen LogP contribution in [0.15, 0.2) is 47.5 Å². The Balaban J connectivity index is 1.98. The fourth-order valence-corrected chi connectivity index (χ4v) is 2.32. The molecule has 0 aromatic heterocycles. The minimum atomic E-state index is -0.375. The third kappa shape index (κ3) is 6.51. The molecular formula is C21H20FNOS. The van der Waals surface area contributed by atoms with E-state index < -0.39 is 0 Å². The summed E-state index contributed by atoms with van der Waals surface area (Å²) >= 11 is 4.56. The number of nitrogens with zero attached hydrogens (tertiary/aromatic N) is 1. The predicted molar refractivity (Wildman–Crippen MR) is 103 cm³/mol. The van der Waals surface area contributed by atoms with E-state index in [0.717, 1.165) is 18.4 Å². The van der Waals surface area contributed by atoms with Gasteiger partial charge in [-0.25, -0.2) is 4.39 Å². The number of isothiocyanates is 1. The van der Waals surface area contributed by atoms with Crippen LogP contribution in [0, 0.1) is 17.7 Å². The summed E-state index contributed by atoms with van der Waals surface area (Å²) in [6.45, 7) is 2.78. The van der Waals surface area contributed by atoms with Gasteiger partial charge in [0.2, 0.25) is 0 Å². The second kappa shape index (κ2) is 10.4. The van der Waals surface area contributed by atoms with Gasteiger partial charge in [-0.3, -0.25) is 0 Å². The van der Waals surface area contributed by atoms with Crippen molar-refractivity contribution in [3.63, 3.8) is 0 Å². The maximum absolute atomic E-state index is 14.1. The van der Waals surface area contributed by atoms with E-state index in [0.29, 0.717) is 23.6 Å². The fourth-order valence-electron chi connectivity index (χ4n) is 2.22. The van der Waals surface area contributed by atoms with E-state index in [9.17, 15) is 4.39 Å². The number of benzene rings is 2. The second-order valence-electron chi connectivity index (χ2n) is 5.55. The van der Waals surface area contributed by atoms with Gasteiger partial charge in [-0.1, -0.05) is 38.0 Å². The summed E-state index contributed by atoms with van der Waals surface area (Å²) < 4.78 is 19.7. The molecule has 2 aromatic carbocycles. The van der Waals surface area contributed by atoms with Gasteiger partial charge >= 0.3 is 0 Å². The van der Waals surface area contributed by atoms with Crippen LogP contribution in [-0.4, -0.2) is 11.8 Å². The number of hydrogen-bond donors (Lipinski definition) is 0. The molecule has 4 heteroatoms. The van der Waals surface area contributed by atoms with Crippen molar-refractivity contribution in [3.8, 4) is 17.6 Å². The second-order valence-corrected chi connectivity index (χ2v) is 5.73. The van der Waals surface area contributed by atoms with Crippen LogP contribution in [0.2, 0.25) is 0 Å². The summed E-state index contributed by atoms with van der Waals surface area (Å²) in [7, 11) is 0. The van der Waals surface area contributed by atoms with Crippen LogP contribution < -0.4 is 4.74 Å². The molecule has 0 aliphatic rings. The van der Waals surface area contributed by atoms with Crippen molar-refractivity contribution < 1.29 is 9.13 Å². The Kier molecular flexibility index (Phi) is 7.85. The van der Waals surface area contributed by atoms with Crippen molar-refractivity contribution in [3.05, 3.63) is 59.4 Å². The lowest BCUT2D eigenvalue weighted by molar-refractivity contribution is 0.303. The molecule has 0 saturated heterocycles. The summed E-state index contributed by atoms with van der Waals surface area (Å²) in [4.78, 5) is 3.87. The number of rotatable bonds is 7. The Morgan fingerprint density at radius 2 is 1.84 bits per heavy atom. The molecule has 0 unspecified atom stereocenters. The van der Waals surface area contributed by atoms with Crippen molar-refractivity contribution >= 4 is 23.1 Å². The van der Waals surface area contributed by atoms with Crippen LogP contribution >= 0.6 is 12.2 Å². The Morgan fingerprint density at radius 3 is 2.52 bits per heavy atom. The summed E-state index contributed by atoms with van der Waals surface area (Å²) in [5.41, 5.74) is 1.84. The largest absolute Gasteiger partial charge is 0.493 e. The SMILES string of the molecule is CCCCCCOc1ccc(C#Cc2ccc(N=C=S)cc2)c(F)c1. The Hall–Kier alpha value is -2.47. The van der Waals surface area contributed by atoms with Gasteiger partial charge in [0.25, 0.3) is 0 Å². The number of unbranched alkanes of at least 4 members (excludes halogenated alkanes) is 3. The standard InChI is InChI=1S/C21H20FNOS/c1-2-3-4-5-14-24-20-13-10-18(21(22)15-20)9-6-17-7-11-19(12-8-17)23-16-25/h7-8,10-13,15H,2-5,14H2,1H3. The number of hydrogen-bond acceptors (Lipinski definition) is 3. The van der Waals surface area contributed by atoms with Crippen molar-refractivity contribution in [2.75, 3.05) is 6.61 Å². The number of thiocarbonyl (C=S) groups is 1. The monoisotopic (exact) mass is 353 g/mol. The van der Waals surface area contributed by atoms with E-state index in [1.54, 1.807) is 24.3 Å². The molecule has 128 valence electrons. The Bertz CT molecular complexity index is 799. The highest BCUT2D eigenvalue weighted by atomic mass is 32.1. The number of aliphatic imine (C=N–C) groups is 1. The average molecular weight is 353 g/mol. The molecule has 0 N–H and O–H groups in total. The van der Waals surface area contributed by atoms with Gasteiger partial charge in [-0.15, -0.1) is 0 Å². The molecule has 0 amide bonds. The molecule has 0 saturated carbocycles. The van der Waals surface area contributed by atoms with Crippen LogP contribution in [-0.2, 0) is 0 Å². The molecule has 0 heterocycles. The van der Waals surface area contributed by atoms with Crippen LogP contribution in [0.5, 0.6) is 5.75 Å². The molecule has 0 atom stereocenters. The average Bonchev–Trinajstić information content (AvgIpc) is 2.62. The zero-order valence-corrected chi connectivity index (χ0v) is 15.0. The van der Waals surface area contributed by atoms with Gasteiger partial charge in [0.1, 0.15) is 11.6 Å². The quantitative estimate of drug-likeness (QED) is 0.267. The van der Waals surface area contributed by atoms with Crippen molar-refractivity contribution in [2.24, 2.45) is 4.99 Å². The first kappa shape index (κ1) is 18.9. The lowest BCUT2D eigenvalue weighted by Crippen LogP contribution is -1.98. The highest BCUT2D eigenvalue weighted by Gasteiger charge is 2.02. The van der Waals surface area contributed by atoms with E-state index in [-0.39, 0.29) is 5.82 Å². The normalized spacial score (nSPS) is 9.68. The zero-order chi connectivity index (χ0) is 17.9. The lowest BCUT2D eigenvalue weighted by atomic mass is 10.1. The van der Waals surface area contributed by atoms with E-state index >= 15 is 0 Å². The third-order valence-corrected chi connectivity index (χ3v) is 3.68. The van der Waals surface area contributed by atoms with Gasteiger partial charge in [0.15, 0.2) is 0 Å². The molecular weight excluding hydrogens is 333 g/mol. The first-order valence-corrected chi connectivity index (χ1v) is 8.76. The predicted octanol–water partition coefficient (Wildman–Crippen LogP) is 5.92. The molecule has 25 heavy (non-hydrogen) atoms. The Labute approximate surface area is 153 Å². The van der Waals surface area contributed by atoms with E-state index in [4.69, 9.17) is 4.74 Å². The minimum Gasteiger partial charge on any atom is -0.493 e. The van der Waals surface area contributed by atoms with Crippen molar-refractivity contribution in [1.82, 2.24) is 0 Å². The molecule has 2 nitrogen and oxygen atoms in total. The molecule has 0 bridgehead atoms. The zero-order valence-electron chi connectivity index (χ0n) is 14.2. The molecule has 0 aliphatic heterocycles. The van der Waals surface area contributed by atoms with E-state index in [1.807, 2.05) is 12.1 Å². The van der Waals surface area contributed by atoms with Crippen molar-refractivity contribution in [2.45, 2.75) is 32.6 Å². The van der Waals surface area contributed by atoms with Crippen LogP contribution in [0.25, 0.3) is 0 Å². The van der Waals surface area contributed by atoms with Gasteiger partial charge < -0.3 is 4.74 Å². The molecule has 0 radical (unpaired) electrons. The van der Waals surface area contributed by atoms with Gasteiger partial charge in [-0.2, -0.15) is 4.99 Å². The maximum atomic E-state index is 14.1. The van der Waals surface area contributed by atoms with Crippen molar-refractivity contribution in [1.29, 1.82) is 0 Å². The first-order chi connectivity index (χ1) is 12.2. The highest BCUT2D eigenvalue weighted by molar-refractivity contribution is 7.78. The third-order valence-electron chi connectivity index (χ3n) is 3.59. The van der Waals surface area contributed by atoms with Gasteiger partial charge in [-0.05, 0) is 55.0 Å². The van der Waals surface area contributed by atoms with Gasteiger partial charge in [0, 0.05) is 11.6 Å². The lowest BCUT2D eigenvalue weighted by Gasteiger charge is -2.06. The Morgan fingerprint density at radius 1 is 1.04 bits per heavy atom. The van der Waals surface area contributed by atoms with Crippen LogP contribution in [0.4, 0.5) is 10.1 Å². The van der Waals surface area contributed by atoms with Crippen LogP contribution in [0.3, 0.4) is 0 Å². The van der Waals surface area contributed by atoms with E-state index in [2.05, 4.69) is 41.1 Å². The minimum absolute atomic E-state index is 0.347. The summed E-state index contributed by atoms with van der Waals surface area (Å²) in [5, 5.41) is 2.31. The van der Waals surface area contributed by atoms with E-state index in [1.165, 1.54) is 18.9 Å².